The van der Waals surface area contributed by atoms with Crippen LogP contribution in [0.3, 0.4) is 0 Å². The topological polar surface area (TPSA) is 38.5 Å². The van der Waals surface area contributed by atoms with Gasteiger partial charge >= 0.3 is 0 Å². The molecular formula is C14H22N2O. The Balaban J connectivity index is 2.79. The molecule has 0 atom stereocenters. The molecule has 0 amide bonds. The first-order valence-corrected chi connectivity index (χ1v) is 5.96. The summed E-state index contributed by atoms with van der Waals surface area (Å²) in [6, 6.07) is 5.78. The molecule has 0 radical (unpaired) electrons. The monoisotopic (exact) mass is 234 g/mol. The summed E-state index contributed by atoms with van der Waals surface area (Å²) in [6.07, 6.45) is 3.05. The van der Waals surface area contributed by atoms with Gasteiger partial charge in [-0.1, -0.05) is 13.0 Å². The number of benzene rings is 1. The molecule has 3 heteroatoms. The number of anilines is 1. The summed E-state index contributed by atoms with van der Waals surface area (Å²) in [7, 11) is 1.67. The Bertz CT molecular complexity index is 363. The number of methoxy groups -OCH3 is 1. The fourth-order valence-electron chi connectivity index (χ4n) is 1.82. The highest BCUT2D eigenvalue weighted by Crippen LogP contribution is 2.21. The van der Waals surface area contributed by atoms with Crippen LogP contribution >= 0.6 is 0 Å². The predicted octanol–water partition coefficient (Wildman–Crippen LogP) is 2.68. The van der Waals surface area contributed by atoms with E-state index < -0.39 is 0 Å². The van der Waals surface area contributed by atoms with Crippen molar-refractivity contribution in [2.75, 3.05) is 25.9 Å². The highest BCUT2D eigenvalue weighted by Gasteiger charge is 2.07. The van der Waals surface area contributed by atoms with E-state index in [1.807, 2.05) is 24.3 Å². The number of nitrogen functional groups attached to an aromatic ring is 1. The fraction of sp³-hybridized carbons (Fsp3) is 0.429. The minimum Gasteiger partial charge on any atom is -0.497 e. The standard InChI is InChI=1S/C14H22N2O/c1-4-8-16(9-5-2)11-12-10-13(17-3)6-7-14(12)15/h4,6-7,10H,1,5,8-9,11,15H2,2-3H3. The van der Waals surface area contributed by atoms with Gasteiger partial charge in [0.1, 0.15) is 5.75 Å². The normalized spacial score (nSPS) is 10.5. The van der Waals surface area contributed by atoms with Gasteiger partial charge in [0.25, 0.3) is 0 Å². The van der Waals surface area contributed by atoms with E-state index in [0.717, 1.165) is 43.1 Å². The lowest BCUT2D eigenvalue weighted by molar-refractivity contribution is 0.295. The van der Waals surface area contributed by atoms with Gasteiger partial charge in [0.2, 0.25) is 0 Å². The van der Waals surface area contributed by atoms with Crippen LogP contribution in [-0.4, -0.2) is 25.1 Å². The molecule has 0 unspecified atom stereocenters. The minimum absolute atomic E-state index is 0.816. The van der Waals surface area contributed by atoms with Crippen molar-refractivity contribution in [1.82, 2.24) is 4.90 Å². The molecule has 0 aliphatic heterocycles. The van der Waals surface area contributed by atoms with Crippen molar-refractivity contribution in [2.45, 2.75) is 19.9 Å². The van der Waals surface area contributed by atoms with Crippen molar-refractivity contribution >= 4 is 5.69 Å². The molecule has 0 aliphatic carbocycles. The lowest BCUT2D eigenvalue weighted by atomic mass is 10.1. The van der Waals surface area contributed by atoms with E-state index in [1.165, 1.54) is 0 Å². The molecule has 17 heavy (non-hydrogen) atoms. The van der Waals surface area contributed by atoms with Crippen LogP contribution in [0.25, 0.3) is 0 Å². The second-order valence-corrected chi connectivity index (χ2v) is 4.09. The van der Waals surface area contributed by atoms with Gasteiger partial charge in [0, 0.05) is 18.8 Å². The van der Waals surface area contributed by atoms with Gasteiger partial charge < -0.3 is 10.5 Å². The summed E-state index contributed by atoms with van der Waals surface area (Å²) < 4.78 is 5.22. The Hall–Kier alpha value is -1.48. The van der Waals surface area contributed by atoms with Crippen LogP contribution in [0.1, 0.15) is 18.9 Å². The van der Waals surface area contributed by atoms with Crippen LogP contribution in [0.15, 0.2) is 30.9 Å². The third-order valence-corrected chi connectivity index (χ3v) is 2.67. The number of hydrogen-bond acceptors (Lipinski definition) is 3. The van der Waals surface area contributed by atoms with Crippen molar-refractivity contribution in [2.24, 2.45) is 0 Å². The Labute approximate surface area is 104 Å². The summed E-state index contributed by atoms with van der Waals surface area (Å²) in [5.74, 6) is 0.851. The Morgan fingerprint density at radius 3 is 2.82 bits per heavy atom. The second-order valence-electron chi connectivity index (χ2n) is 4.09. The zero-order chi connectivity index (χ0) is 12.7. The largest absolute Gasteiger partial charge is 0.497 e. The quantitative estimate of drug-likeness (QED) is 0.582. The van der Waals surface area contributed by atoms with Crippen molar-refractivity contribution in [3.8, 4) is 5.75 Å². The van der Waals surface area contributed by atoms with E-state index in [1.54, 1.807) is 7.11 Å². The summed E-state index contributed by atoms with van der Waals surface area (Å²) in [6.45, 7) is 8.71. The zero-order valence-corrected chi connectivity index (χ0v) is 10.8. The number of rotatable bonds is 7. The first-order valence-electron chi connectivity index (χ1n) is 5.96. The minimum atomic E-state index is 0.816. The molecule has 2 N–H and O–H groups in total. The van der Waals surface area contributed by atoms with E-state index >= 15 is 0 Å². The molecule has 0 heterocycles. The molecule has 94 valence electrons. The molecule has 0 spiro atoms. The summed E-state index contributed by atoms with van der Waals surface area (Å²) >= 11 is 0. The van der Waals surface area contributed by atoms with Gasteiger partial charge in [0.05, 0.1) is 7.11 Å². The number of nitrogens with zero attached hydrogens (tertiary/aromatic N) is 1. The van der Waals surface area contributed by atoms with E-state index in [-0.39, 0.29) is 0 Å². The van der Waals surface area contributed by atoms with Gasteiger partial charge in [-0.3, -0.25) is 4.90 Å². The molecular weight excluding hydrogens is 212 g/mol. The van der Waals surface area contributed by atoms with Gasteiger partial charge in [-0.25, -0.2) is 0 Å². The van der Waals surface area contributed by atoms with E-state index in [4.69, 9.17) is 10.5 Å². The van der Waals surface area contributed by atoms with Crippen LogP contribution in [0.5, 0.6) is 5.75 Å². The van der Waals surface area contributed by atoms with E-state index in [0.29, 0.717) is 0 Å². The maximum atomic E-state index is 5.98. The predicted molar refractivity (Wildman–Crippen MR) is 73.2 cm³/mol. The van der Waals surface area contributed by atoms with Crippen LogP contribution in [0.2, 0.25) is 0 Å². The maximum Gasteiger partial charge on any atom is 0.119 e. The molecule has 0 saturated carbocycles. The number of nitrogens with two attached hydrogens (primary N) is 1. The third-order valence-electron chi connectivity index (χ3n) is 2.67. The van der Waals surface area contributed by atoms with Gasteiger partial charge in [-0.05, 0) is 36.7 Å². The van der Waals surface area contributed by atoms with Gasteiger partial charge in [-0.15, -0.1) is 6.58 Å². The average Bonchev–Trinajstić information content (AvgIpc) is 2.32. The lowest BCUT2D eigenvalue weighted by Crippen LogP contribution is -2.24. The first kappa shape index (κ1) is 13.6. The molecule has 0 fully saturated rings. The molecule has 0 aromatic heterocycles. The average molecular weight is 234 g/mol. The smallest absolute Gasteiger partial charge is 0.119 e. The molecule has 0 saturated heterocycles. The summed E-state index contributed by atoms with van der Waals surface area (Å²) in [5.41, 5.74) is 7.90. The van der Waals surface area contributed by atoms with Crippen LogP contribution in [-0.2, 0) is 6.54 Å². The molecule has 0 bridgehead atoms. The van der Waals surface area contributed by atoms with Crippen molar-refractivity contribution in [3.63, 3.8) is 0 Å². The lowest BCUT2D eigenvalue weighted by Gasteiger charge is -2.21. The Kier molecular flexibility index (Phi) is 5.57. The zero-order valence-electron chi connectivity index (χ0n) is 10.8. The van der Waals surface area contributed by atoms with Gasteiger partial charge in [0.15, 0.2) is 0 Å². The number of hydrogen-bond donors (Lipinski definition) is 1. The highest BCUT2D eigenvalue weighted by atomic mass is 16.5. The molecule has 0 aliphatic rings. The van der Waals surface area contributed by atoms with Crippen molar-refractivity contribution in [1.29, 1.82) is 0 Å². The molecule has 3 nitrogen and oxygen atoms in total. The van der Waals surface area contributed by atoms with E-state index in [9.17, 15) is 0 Å². The third kappa shape index (κ3) is 4.11. The van der Waals surface area contributed by atoms with Gasteiger partial charge in [-0.2, -0.15) is 0 Å². The van der Waals surface area contributed by atoms with Crippen LogP contribution in [0.4, 0.5) is 5.69 Å². The van der Waals surface area contributed by atoms with Crippen LogP contribution in [0, 0.1) is 0 Å². The number of ether oxygens (including phenoxy) is 1. The maximum absolute atomic E-state index is 5.98. The Morgan fingerprint density at radius 1 is 1.47 bits per heavy atom. The van der Waals surface area contributed by atoms with E-state index in [2.05, 4.69) is 18.4 Å². The van der Waals surface area contributed by atoms with Crippen molar-refractivity contribution < 1.29 is 4.74 Å². The SMILES string of the molecule is C=CCN(CCC)Cc1cc(OC)ccc1N. The molecule has 1 aromatic carbocycles. The van der Waals surface area contributed by atoms with Crippen molar-refractivity contribution in [3.05, 3.63) is 36.4 Å². The fourth-order valence-corrected chi connectivity index (χ4v) is 1.82. The highest BCUT2D eigenvalue weighted by molar-refractivity contribution is 5.50. The molecule has 1 aromatic rings. The van der Waals surface area contributed by atoms with Crippen LogP contribution < -0.4 is 10.5 Å². The molecule has 1 rings (SSSR count). The second kappa shape index (κ2) is 6.97. The first-order chi connectivity index (χ1) is 8.21. The Morgan fingerprint density at radius 2 is 2.24 bits per heavy atom. The summed E-state index contributed by atoms with van der Waals surface area (Å²) in [5, 5.41) is 0. The summed E-state index contributed by atoms with van der Waals surface area (Å²) in [4.78, 5) is 2.32.